The first-order valence-corrected chi connectivity index (χ1v) is 4.72. The van der Waals surface area contributed by atoms with E-state index in [1.807, 2.05) is 25.1 Å². The van der Waals surface area contributed by atoms with Gasteiger partial charge < -0.3 is 10.4 Å². The van der Waals surface area contributed by atoms with E-state index in [4.69, 9.17) is 16.7 Å². The molecule has 72 valence electrons. The molecule has 1 aromatic rings. The smallest absolute Gasteiger partial charge is 0.0637 e. The number of anilines is 1. The highest BCUT2D eigenvalue weighted by atomic mass is 35.5. The molecule has 0 spiro atoms. The maximum absolute atomic E-state index is 8.60. The SMILES string of the molecule is Cc1ccc(Cl)c(NCCCO)c1. The van der Waals surface area contributed by atoms with E-state index in [2.05, 4.69) is 5.32 Å². The normalized spacial score (nSPS) is 10.1. The summed E-state index contributed by atoms with van der Waals surface area (Å²) in [6, 6.07) is 5.84. The van der Waals surface area contributed by atoms with E-state index in [0.717, 1.165) is 23.7 Å². The average Bonchev–Trinajstić information content (AvgIpc) is 2.11. The molecule has 0 amide bonds. The summed E-state index contributed by atoms with van der Waals surface area (Å²) in [5.74, 6) is 0. The van der Waals surface area contributed by atoms with E-state index >= 15 is 0 Å². The molecule has 0 radical (unpaired) electrons. The molecular weight excluding hydrogens is 186 g/mol. The quantitative estimate of drug-likeness (QED) is 0.731. The zero-order chi connectivity index (χ0) is 9.68. The Bertz CT molecular complexity index is 276. The lowest BCUT2D eigenvalue weighted by Gasteiger charge is -2.07. The van der Waals surface area contributed by atoms with Crippen molar-refractivity contribution in [2.45, 2.75) is 13.3 Å². The molecule has 13 heavy (non-hydrogen) atoms. The predicted octanol–water partition coefficient (Wildman–Crippen LogP) is 2.44. The van der Waals surface area contributed by atoms with Crippen LogP contribution in [0, 0.1) is 6.92 Å². The molecule has 2 N–H and O–H groups in total. The number of benzene rings is 1. The Kier molecular flexibility index (Phi) is 4.06. The van der Waals surface area contributed by atoms with Crippen molar-refractivity contribution in [1.29, 1.82) is 0 Å². The van der Waals surface area contributed by atoms with Crippen molar-refractivity contribution in [3.63, 3.8) is 0 Å². The van der Waals surface area contributed by atoms with Crippen molar-refractivity contribution >= 4 is 17.3 Å². The molecule has 0 aliphatic carbocycles. The van der Waals surface area contributed by atoms with Gasteiger partial charge in [0.05, 0.1) is 10.7 Å². The molecule has 0 atom stereocenters. The van der Waals surface area contributed by atoms with Crippen LogP contribution in [-0.4, -0.2) is 18.3 Å². The third-order valence-corrected chi connectivity index (χ3v) is 2.10. The van der Waals surface area contributed by atoms with Gasteiger partial charge in [0, 0.05) is 13.2 Å². The van der Waals surface area contributed by atoms with Gasteiger partial charge in [-0.15, -0.1) is 0 Å². The summed E-state index contributed by atoms with van der Waals surface area (Å²) in [5.41, 5.74) is 2.12. The summed E-state index contributed by atoms with van der Waals surface area (Å²) in [7, 11) is 0. The Labute approximate surface area is 83.5 Å². The number of aliphatic hydroxyl groups excluding tert-OH is 1. The fraction of sp³-hybridized carbons (Fsp3) is 0.400. The third kappa shape index (κ3) is 3.25. The standard InChI is InChI=1S/C10H14ClNO/c1-8-3-4-9(11)10(7-8)12-5-2-6-13/h3-4,7,12-13H,2,5-6H2,1H3. The zero-order valence-corrected chi connectivity index (χ0v) is 8.43. The Morgan fingerprint density at radius 1 is 1.46 bits per heavy atom. The first-order valence-electron chi connectivity index (χ1n) is 4.35. The van der Waals surface area contributed by atoms with Gasteiger partial charge in [0.15, 0.2) is 0 Å². The molecule has 0 unspecified atom stereocenters. The van der Waals surface area contributed by atoms with Crippen LogP contribution in [-0.2, 0) is 0 Å². The summed E-state index contributed by atoms with van der Waals surface area (Å²) < 4.78 is 0. The molecule has 1 rings (SSSR count). The highest BCUT2D eigenvalue weighted by Crippen LogP contribution is 2.22. The summed E-state index contributed by atoms with van der Waals surface area (Å²) >= 11 is 5.95. The average molecular weight is 200 g/mol. The Hall–Kier alpha value is -0.730. The fourth-order valence-electron chi connectivity index (χ4n) is 1.08. The van der Waals surface area contributed by atoms with Gasteiger partial charge in [-0.25, -0.2) is 0 Å². The molecule has 0 bridgehead atoms. The number of hydrogen-bond acceptors (Lipinski definition) is 2. The van der Waals surface area contributed by atoms with E-state index < -0.39 is 0 Å². The highest BCUT2D eigenvalue weighted by molar-refractivity contribution is 6.33. The molecule has 0 saturated heterocycles. The van der Waals surface area contributed by atoms with Gasteiger partial charge in [0.25, 0.3) is 0 Å². The number of rotatable bonds is 4. The predicted molar refractivity (Wildman–Crippen MR) is 56.4 cm³/mol. The van der Waals surface area contributed by atoms with Crippen molar-refractivity contribution in [2.24, 2.45) is 0 Å². The molecule has 0 fully saturated rings. The van der Waals surface area contributed by atoms with Crippen LogP contribution in [0.4, 0.5) is 5.69 Å². The highest BCUT2D eigenvalue weighted by Gasteiger charge is 1.98. The van der Waals surface area contributed by atoms with Crippen LogP contribution in [0.3, 0.4) is 0 Å². The molecule has 3 heteroatoms. The molecule has 2 nitrogen and oxygen atoms in total. The van der Waals surface area contributed by atoms with E-state index in [1.165, 1.54) is 5.56 Å². The molecule has 0 heterocycles. The van der Waals surface area contributed by atoms with Crippen LogP contribution in [0.15, 0.2) is 18.2 Å². The monoisotopic (exact) mass is 199 g/mol. The van der Waals surface area contributed by atoms with Crippen LogP contribution in [0.25, 0.3) is 0 Å². The molecular formula is C10H14ClNO. The van der Waals surface area contributed by atoms with E-state index in [-0.39, 0.29) is 6.61 Å². The minimum Gasteiger partial charge on any atom is -0.396 e. The van der Waals surface area contributed by atoms with Gasteiger partial charge in [0.2, 0.25) is 0 Å². The van der Waals surface area contributed by atoms with E-state index in [1.54, 1.807) is 0 Å². The molecule has 1 aromatic carbocycles. The molecule has 0 aliphatic rings. The van der Waals surface area contributed by atoms with Crippen molar-refractivity contribution in [2.75, 3.05) is 18.5 Å². The zero-order valence-electron chi connectivity index (χ0n) is 7.68. The number of halogens is 1. The van der Waals surface area contributed by atoms with E-state index in [9.17, 15) is 0 Å². The maximum atomic E-state index is 8.60. The van der Waals surface area contributed by atoms with Crippen molar-refractivity contribution < 1.29 is 5.11 Å². The largest absolute Gasteiger partial charge is 0.396 e. The lowest BCUT2D eigenvalue weighted by molar-refractivity contribution is 0.292. The second kappa shape index (κ2) is 5.10. The van der Waals surface area contributed by atoms with Crippen LogP contribution in [0.2, 0.25) is 5.02 Å². The minimum atomic E-state index is 0.205. The second-order valence-corrected chi connectivity index (χ2v) is 3.39. The van der Waals surface area contributed by atoms with Gasteiger partial charge in [-0.1, -0.05) is 17.7 Å². The Morgan fingerprint density at radius 3 is 2.92 bits per heavy atom. The van der Waals surface area contributed by atoms with Gasteiger partial charge >= 0.3 is 0 Å². The number of hydrogen-bond donors (Lipinski definition) is 2. The lowest BCUT2D eigenvalue weighted by atomic mass is 10.2. The minimum absolute atomic E-state index is 0.205. The van der Waals surface area contributed by atoms with Gasteiger partial charge in [-0.05, 0) is 31.0 Å². The van der Waals surface area contributed by atoms with Crippen LogP contribution >= 0.6 is 11.6 Å². The summed E-state index contributed by atoms with van der Waals surface area (Å²) in [4.78, 5) is 0. The lowest BCUT2D eigenvalue weighted by Crippen LogP contribution is -2.03. The summed E-state index contributed by atoms with van der Waals surface area (Å²) in [6.45, 7) is 2.98. The Balaban J connectivity index is 2.59. The Morgan fingerprint density at radius 2 is 2.23 bits per heavy atom. The van der Waals surface area contributed by atoms with Crippen LogP contribution < -0.4 is 5.32 Å². The van der Waals surface area contributed by atoms with Crippen LogP contribution in [0.1, 0.15) is 12.0 Å². The molecule has 0 aromatic heterocycles. The van der Waals surface area contributed by atoms with Crippen molar-refractivity contribution in [3.05, 3.63) is 28.8 Å². The van der Waals surface area contributed by atoms with E-state index in [0.29, 0.717) is 0 Å². The molecule has 0 aliphatic heterocycles. The number of aliphatic hydroxyl groups is 1. The first kappa shape index (κ1) is 10.4. The second-order valence-electron chi connectivity index (χ2n) is 2.99. The fourth-order valence-corrected chi connectivity index (χ4v) is 1.26. The van der Waals surface area contributed by atoms with Gasteiger partial charge in [-0.3, -0.25) is 0 Å². The van der Waals surface area contributed by atoms with Crippen molar-refractivity contribution in [3.8, 4) is 0 Å². The maximum Gasteiger partial charge on any atom is 0.0637 e. The first-order chi connectivity index (χ1) is 6.24. The number of nitrogens with one attached hydrogen (secondary N) is 1. The number of aryl methyl sites for hydroxylation is 1. The topological polar surface area (TPSA) is 32.3 Å². The van der Waals surface area contributed by atoms with Gasteiger partial charge in [0.1, 0.15) is 0 Å². The van der Waals surface area contributed by atoms with Gasteiger partial charge in [-0.2, -0.15) is 0 Å². The van der Waals surface area contributed by atoms with Crippen LogP contribution in [0.5, 0.6) is 0 Å². The summed E-state index contributed by atoms with van der Waals surface area (Å²) in [5, 5.41) is 12.5. The van der Waals surface area contributed by atoms with Crippen molar-refractivity contribution in [1.82, 2.24) is 0 Å². The third-order valence-electron chi connectivity index (χ3n) is 1.77. The summed E-state index contributed by atoms with van der Waals surface area (Å²) in [6.07, 6.45) is 0.740. The molecule has 0 saturated carbocycles.